The van der Waals surface area contributed by atoms with Crippen LogP contribution in [0.25, 0.3) is 11.3 Å². The zero-order chi connectivity index (χ0) is 11.8. The molecule has 0 atom stereocenters. The summed E-state index contributed by atoms with van der Waals surface area (Å²) < 4.78 is 22.4. The number of aromatic amines is 2. The third kappa shape index (κ3) is 2.06. The van der Waals surface area contributed by atoms with Crippen LogP contribution in [0.5, 0.6) is 0 Å². The van der Waals surface area contributed by atoms with E-state index in [1.54, 1.807) is 12.1 Å². The summed E-state index contributed by atoms with van der Waals surface area (Å²) in [5, 5.41) is 5.11. The minimum Gasteiger partial charge on any atom is -0.298 e. The Labute approximate surface area is 92.0 Å². The number of hydrogen-bond acceptors (Lipinski definition) is 3. The predicted molar refractivity (Wildman–Crippen MR) is 60.0 cm³/mol. The molecule has 0 bridgehead atoms. The summed E-state index contributed by atoms with van der Waals surface area (Å²) in [6, 6.07) is 7.73. The maximum absolute atomic E-state index is 11.2. The second-order valence-corrected chi connectivity index (χ2v) is 5.48. The molecule has 2 N–H and O–H groups in total. The third-order valence-corrected chi connectivity index (χ3v) is 3.32. The molecule has 5 nitrogen and oxygen atoms in total. The first kappa shape index (κ1) is 10.7. The van der Waals surface area contributed by atoms with Crippen molar-refractivity contribution in [2.75, 3.05) is 6.26 Å². The van der Waals surface area contributed by atoms with Gasteiger partial charge in [0.2, 0.25) is 0 Å². The number of hydrogen-bond donors (Lipinski definition) is 2. The van der Waals surface area contributed by atoms with E-state index >= 15 is 0 Å². The lowest BCUT2D eigenvalue weighted by atomic mass is 10.2. The Morgan fingerprint density at radius 2 is 1.69 bits per heavy atom. The standard InChI is InChI=1S/C10H10N2O3S/c1-16(14,15)8-4-2-7(3-5-8)9-6-10(13)12-11-9/h2-6H,1H3,(H2,11,12,13). The lowest BCUT2D eigenvalue weighted by Gasteiger charge is -2.00. The van der Waals surface area contributed by atoms with E-state index in [-0.39, 0.29) is 10.5 Å². The molecule has 1 heterocycles. The van der Waals surface area contributed by atoms with Gasteiger partial charge in [-0.1, -0.05) is 12.1 Å². The van der Waals surface area contributed by atoms with Crippen molar-refractivity contribution in [2.45, 2.75) is 4.90 Å². The maximum Gasteiger partial charge on any atom is 0.264 e. The first-order chi connectivity index (χ1) is 7.47. The molecule has 0 amide bonds. The highest BCUT2D eigenvalue weighted by Crippen LogP contribution is 2.17. The molecule has 0 saturated heterocycles. The predicted octanol–water partition coefficient (Wildman–Crippen LogP) is 0.773. The summed E-state index contributed by atoms with van der Waals surface area (Å²) in [6.07, 6.45) is 1.15. The molecule has 0 saturated carbocycles. The van der Waals surface area contributed by atoms with Gasteiger partial charge < -0.3 is 0 Å². The van der Waals surface area contributed by atoms with E-state index in [4.69, 9.17) is 0 Å². The molecule has 84 valence electrons. The van der Waals surface area contributed by atoms with Gasteiger partial charge in [-0.2, -0.15) is 0 Å². The van der Waals surface area contributed by atoms with Gasteiger partial charge in [0.15, 0.2) is 9.84 Å². The minimum atomic E-state index is -3.18. The SMILES string of the molecule is CS(=O)(=O)c1ccc(-c2cc(=O)[nH][nH]2)cc1. The van der Waals surface area contributed by atoms with Gasteiger partial charge in [0.1, 0.15) is 0 Å². The first-order valence-electron chi connectivity index (χ1n) is 4.55. The molecule has 2 rings (SSSR count). The second kappa shape index (κ2) is 3.64. The van der Waals surface area contributed by atoms with Gasteiger partial charge in [-0.3, -0.25) is 15.0 Å². The van der Waals surface area contributed by atoms with Crippen molar-refractivity contribution >= 4 is 9.84 Å². The molecule has 1 aromatic carbocycles. The van der Waals surface area contributed by atoms with E-state index in [1.165, 1.54) is 18.2 Å². The van der Waals surface area contributed by atoms with Crippen LogP contribution in [0.1, 0.15) is 0 Å². The lowest BCUT2D eigenvalue weighted by Crippen LogP contribution is -1.96. The number of sulfone groups is 1. The van der Waals surface area contributed by atoms with Crippen LogP contribution < -0.4 is 5.56 Å². The van der Waals surface area contributed by atoms with Gasteiger partial charge in [-0.15, -0.1) is 0 Å². The lowest BCUT2D eigenvalue weighted by molar-refractivity contribution is 0.602. The molecule has 6 heteroatoms. The van der Waals surface area contributed by atoms with E-state index in [0.717, 1.165) is 11.8 Å². The molecule has 0 radical (unpaired) electrons. The van der Waals surface area contributed by atoms with Gasteiger partial charge in [0, 0.05) is 12.3 Å². The average Bonchev–Trinajstić information content (AvgIpc) is 2.64. The first-order valence-corrected chi connectivity index (χ1v) is 6.44. The normalized spacial score (nSPS) is 11.6. The van der Waals surface area contributed by atoms with E-state index in [0.29, 0.717) is 5.69 Å². The van der Waals surface area contributed by atoms with Crippen molar-refractivity contribution in [3.8, 4) is 11.3 Å². The molecule has 1 aromatic heterocycles. The van der Waals surface area contributed by atoms with E-state index < -0.39 is 9.84 Å². The van der Waals surface area contributed by atoms with Crippen molar-refractivity contribution < 1.29 is 8.42 Å². The van der Waals surface area contributed by atoms with Gasteiger partial charge >= 0.3 is 0 Å². The van der Waals surface area contributed by atoms with Gasteiger partial charge in [-0.05, 0) is 17.7 Å². The monoisotopic (exact) mass is 238 g/mol. The number of rotatable bonds is 2. The van der Waals surface area contributed by atoms with Gasteiger partial charge in [-0.25, -0.2) is 8.42 Å². The Bertz CT molecular complexity index is 650. The molecule has 0 aliphatic rings. The Morgan fingerprint density at radius 1 is 1.06 bits per heavy atom. The molecule has 0 aliphatic carbocycles. The molecular formula is C10H10N2O3S. The van der Waals surface area contributed by atoms with Crippen LogP contribution >= 0.6 is 0 Å². The quantitative estimate of drug-likeness (QED) is 0.810. The largest absolute Gasteiger partial charge is 0.298 e. The molecular weight excluding hydrogens is 228 g/mol. The summed E-state index contributed by atoms with van der Waals surface area (Å²) in [5.74, 6) is 0. The van der Waals surface area contributed by atoms with Crippen molar-refractivity contribution in [3.63, 3.8) is 0 Å². The second-order valence-electron chi connectivity index (χ2n) is 3.47. The molecule has 0 aliphatic heterocycles. The van der Waals surface area contributed by atoms with Gasteiger partial charge in [0.05, 0.1) is 10.6 Å². The van der Waals surface area contributed by atoms with Crippen molar-refractivity contribution in [2.24, 2.45) is 0 Å². The smallest absolute Gasteiger partial charge is 0.264 e. The Hall–Kier alpha value is -1.82. The summed E-state index contributed by atoms with van der Waals surface area (Å²) in [6.45, 7) is 0. The number of aromatic nitrogens is 2. The van der Waals surface area contributed by atoms with E-state index in [2.05, 4.69) is 10.2 Å². The van der Waals surface area contributed by atoms with Crippen molar-refractivity contribution in [1.82, 2.24) is 10.2 Å². The molecule has 16 heavy (non-hydrogen) atoms. The molecule has 2 aromatic rings. The van der Waals surface area contributed by atoms with E-state index in [1.807, 2.05) is 0 Å². The van der Waals surface area contributed by atoms with Crippen LogP contribution in [-0.4, -0.2) is 24.9 Å². The Kier molecular flexibility index (Phi) is 2.43. The highest BCUT2D eigenvalue weighted by molar-refractivity contribution is 7.90. The van der Waals surface area contributed by atoms with Crippen LogP contribution in [0.3, 0.4) is 0 Å². The molecule has 0 fully saturated rings. The van der Waals surface area contributed by atoms with Crippen LogP contribution in [-0.2, 0) is 9.84 Å². The van der Waals surface area contributed by atoms with Crippen LogP contribution in [0.15, 0.2) is 40.0 Å². The fourth-order valence-corrected chi connectivity index (χ4v) is 2.00. The average molecular weight is 238 g/mol. The molecule has 0 unspecified atom stereocenters. The third-order valence-electron chi connectivity index (χ3n) is 2.19. The van der Waals surface area contributed by atoms with Gasteiger partial charge in [0.25, 0.3) is 5.56 Å². The number of benzene rings is 1. The van der Waals surface area contributed by atoms with Crippen LogP contribution in [0.4, 0.5) is 0 Å². The van der Waals surface area contributed by atoms with Crippen LogP contribution in [0.2, 0.25) is 0 Å². The Morgan fingerprint density at radius 3 is 2.12 bits per heavy atom. The molecule has 0 spiro atoms. The minimum absolute atomic E-state index is 0.220. The summed E-state index contributed by atoms with van der Waals surface area (Å²) in [5.41, 5.74) is 1.16. The number of nitrogens with one attached hydrogen (secondary N) is 2. The van der Waals surface area contributed by atoms with Crippen LogP contribution in [0, 0.1) is 0 Å². The summed E-state index contributed by atoms with van der Waals surface area (Å²) in [7, 11) is -3.18. The Balaban J connectivity index is 2.44. The van der Waals surface area contributed by atoms with Crippen molar-refractivity contribution in [3.05, 3.63) is 40.7 Å². The topological polar surface area (TPSA) is 82.8 Å². The highest BCUT2D eigenvalue weighted by atomic mass is 32.2. The maximum atomic E-state index is 11.2. The number of H-pyrrole nitrogens is 2. The zero-order valence-electron chi connectivity index (χ0n) is 8.52. The fraction of sp³-hybridized carbons (Fsp3) is 0.100. The zero-order valence-corrected chi connectivity index (χ0v) is 9.34. The summed E-state index contributed by atoms with van der Waals surface area (Å²) >= 11 is 0. The fourth-order valence-electron chi connectivity index (χ4n) is 1.37. The highest BCUT2D eigenvalue weighted by Gasteiger charge is 2.07. The van der Waals surface area contributed by atoms with Crippen molar-refractivity contribution in [1.29, 1.82) is 0 Å². The van der Waals surface area contributed by atoms with E-state index in [9.17, 15) is 13.2 Å². The summed E-state index contributed by atoms with van der Waals surface area (Å²) in [4.78, 5) is 11.2.